The molecular formula is C13H14N4OS. The number of rotatable bonds is 4. The number of benzene rings is 1. The lowest BCUT2D eigenvalue weighted by Gasteiger charge is -2.20. The Labute approximate surface area is 116 Å². The summed E-state index contributed by atoms with van der Waals surface area (Å²) in [6.45, 7) is 0.0565. The third-order valence-corrected chi connectivity index (χ3v) is 2.94. The van der Waals surface area contributed by atoms with E-state index in [-0.39, 0.29) is 11.5 Å². The van der Waals surface area contributed by atoms with Gasteiger partial charge in [-0.3, -0.25) is 4.79 Å². The van der Waals surface area contributed by atoms with Crippen molar-refractivity contribution in [1.29, 1.82) is 0 Å². The van der Waals surface area contributed by atoms with Gasteiger partial charge < -0.3 is 16.4 Å². The molecule has 2 rings (SSSR count). The van der Waals surface area contributed by atoms with Crippen LogP contribution in [0, 0.1) is 0 Å². The van der Waals surface area contributed by atoms with E-state index in [9.17, 15) is 4.79 Å². The Hall–Kier alpha value is -2.21. The van der Waals surface area contributed by atoms with Crippen LogP contribution in [0.1, 0.15) is 5.56 Å². The van der Waals surface area contributed by atoms with Gasteiger partial charge in [-0.25, -0.2) is 4.98 Å². The molecule has 19 heavy (non-hydrogen) atoms. The number of nitrogens with zero attached hydrogens (tertiary/aromatic N) is 2. The van der Waals surface area contributed by atoms with Crippen molar-refractivity contribution in [2.24, 2.45) is 11.5 Å². The van der Waals surface area contributed by atoms with Crippen LogP contribution in [0.4, 0.5) is 5.82 Å². The largest absolute Gasteiger partial charge is 0.389 e. The van der Waals surface area contributed by atoms with E-state index in [2.05, 4.69) is 4.98 Å². The number of carbonyl (C=O) groups excluding carboxylic acids is 1. The molecular weight excluding hydrogens is 260 g/mol. The number of nitrogens with two attached hydrogens (primary N) is 2. The monoisotopic (exact) mass is 274 g/mol. The van der Waals surface area contributed by atoms with Crippen LogP contribution < -0.4 is 16.4 Å². The molecule has 0 aliphatic rings. The molecule has 0 atom stereocenters. The van der Waals surface area contributed by atoms with Gasteiger partial charge in [-0.1, -0.05) is 30.4 Å². The summed E-state index contributed by atoms with van der Waals surface area (Å²) in [6, 6.07) is 9.51. The van der Waals surface area contributed by atoms with E-state index in [1.54, 1.807) is 11.9 Å². The van der Waals surface area contributed by atoms with E-state index >= 15 is 0 Å². The summed E-state index contributed by atoms with van der Waals surface area (Å²) in [4.78, 5) is 17.4. The Balaban J connectivity index is 2.59. The summed E-state index contributed by atoms with van der Waals surface area (Å²) in [5.74, 6) is 0.122. The molecule has 6 heteroatoms. The Bertz CT molecular complexity index is 656. The van der Waals surface area contributed by atoms with Crippen LogP contribution in [-0.4, -0.2) is 29.5 Å². The van der Waals surface area contributed by atoms with E-state index in [4.69, 9.17) is 23.7 Å². The van der Waals surface area contributed by atoms with E-state index < -0.39 is 5.91 Å². The second-order valence-corrected chi connectivity index (χ2v) is 4.68. The molecule has 0 aliphatic heterocycles. The fraction of sp³-hybridized carbons (Fsp3) is 0.154. The van der Waals surface area contributed by atoms with Gasteiger partial charge in [0.2, 0.25) is 5.91 Å². The number of likely N-dealkylation sites (N-methyl/N-ethyl adjacent to an activating group) is 1. The van der Waals surface area contributed by atoms with Crippen molar-refractivity contribution < 1.29 is 4.79 Å². The highest BCUT2D eigenvalue weighted by molar-refractivity contribution is 7.80. The van der Waals surface area contributed by atoms with Gasteiger partial charge in [0.15, 0.2) is 0 Å². The Morgan fingerprint density at radius 2 is 2.05 bits per heavy atom. The zero-order chi connectivity index (χ0) is 14.0. The number of aromatic nitrogens is 1. The Kier molecular flexibility index (Phi) is 3.62. The van der Waals surface area contributed by atoms with Crippen LogP contribution in [-0.2, 0) is 4.79 Å². The van der Waals surface area contributed by atoms with Crippen LogP contribution in [0.25, 0.3) is 10.9 Å². The SMILES string of the molecule is CN(CC(N)=O)c1nc2ccccc2cc1C(N)=S. The number of para-hydroxylation sites is 1. The molecule has 4 N–H and O–H groups in total. The summed E-state index contributed by atoms with van der Waals surface area (Å²) in [5, 5.41) is 0.946. The molecule has 0 spiro atoms. The molecule has 0 saturated heterocycles. The first-order valence-corrected chi connectivity index (χ1v) is 6.09. The normalized spacial score (nSPS) is 10.4. The van der Waals surface area contributed by atoms with Crippen LogP contribution >= 0.6 is 12.2 Å². The van der Waals surface area contributed by atoms with Gasteiger partial charge in [-0.15, -0.1) is 0 Å². The minimum atomic E-state index is -0.439. The number of primary amides is 1. The molecule has 0 saturated carbocycles. The number of hydrogen-bond donors (Lipinski definition) is 2. The number of amides is 1. The summed E-state index contributed by atoms with van der Waals surface area (Å²) in [6.07, 6.45) is 0. The minimum absolute atomic E-state index is 0.0565. The van der Waals surface area contributed by atoms with Crippen molar-refractivity contribution in [3.63, 3.8) is 0 Å². The second-order valence-electron chi connectivity index (χ2n) is 4.24. The molecule has 1 aromatic carbocycles. The fourth-order valence-corrected chi connectivity index (χ4v) is 2.04. The van der Waals surface area contributed by atoms with Gasteiger partial charge in [-0.05, 0) is 12.1 Å². The van der Waals surface area contributed by atoms with Gasteiger partial charge in [0, 0.05) is 12.4 Å². The number of fused-ring (bicyclic) bond motifs is 1. The van der Waals surface area contributed by atoms with Crippen LogP contribution in [0.3, 0.4) is 0 Å². The Morgan fingerprint density at radius 3 is 2.68 bits per heavy atom. The van der Waals surface area contributed by atoms with Crippen molar-refractivity contribution in [1.82, 2.24) is 4.98 Å². The van der Waals surface area contributed by atoms with Crippen LogP contribution in [0.5, 0.6) is 0 Å². The van der Waals surface area contributed by atoms with E-state index in [0.717, 1.165) is 10.9 Å². The minimum Gasteiger partial charge on any atom is -0.389 e. The van der Waals surface area contributed by atoms with E-state index in [1.165, 1.54) is 0 Å². The van der Waals surface area contributed by atoms with Gasteiger partial charge in [-0.2, -0.15) is 0 Å². The van der Waals surface area contributed by atoms with E-state index in [0.29, 0.717) is 11.4 Å². The predicted octanol–water partition coefficient (Wildman–Crippen LogP) is 0.790. The van der Waals surface area contributed by atoms with Crippen molar-refractivity contribution >= 4 is 39.8 Å². The molecule has 98 valence electrons. The number of carbonyl (C=O) groups is 1. The highest BCUT2D eigenvalue weighted by Crippen LogP contribution is 2.22. The van der Waals surface area contributed by atoms with Crippen molar-refractivity contribution in [2.45, 2.75) is 0 Å². The Morgan fingerprint density at radius 1 is 1.37 bits per heavy atom. The summed E-state index contributed by atoms with van der Waals surface area (Å²) in [5.41, 5.74) is 12.4. The molecule has 2 aromatic rings. The topological polar surface area (TPSA) is 85.2 Å². The maximum Gasteiger partial charge on any atom is 0.236 e. The first kappa shape index (κ1) is 13.2. The first-order valence-electron chi connectivity index (χ1n) is 5.68. The van der Waals surface area contributed by atoms with Crippen molar-refractivity contribution in [2.75, 3.05) is 18.5 Å². The third kappa shape index (κ3) is 2.79. The average molecular weight is 274 g/mol. The smallest absolute Gasteiger partial charge is 0.236 e. The number of anilines is 1. The average Bonchev–Trinajstić information content (AvgIpc) is 2.36. The zero-order valence-electron chi connectivity index (χ0n) is 10.5. The molecule has 0 bridgehead atoms. The number of hydrogen-bond acceptors (Lipinski definition) is 4. The summed E-state index contributed by atoms with van der Waals surface area (Å²) in [7, 11) is 1.73. The van der Waals surface area contributed by atoms with Crippen LogP contribution in [0.15, 0.2) is 30.3 Å². The molecule has 0 radical (unpaired) electrons. The lowest BCUT2D eigenvalue weighted by molar-refractivity contribution is -0.116. The highest BCUT2D eigenvalue weighted by atomic mass is 32.1. The van der Waals surface area contributed by atoms with Gasteiger partial charge in [0.25, 0.3) is 0 Å². The zero-order valence-corrected chi connectivity index (χ0v) is 11.3. The fourth-order valence-electron chi connectivity index (χ4n) is 1.89. The molecule has 1 aromatic heterocycles. The molecule has 0 unspecified atom stereocenters. The maximum absolute atomic E-state index is 11.0. The summed E-state index contributed by atoms with van der Waals surface area (Å²) >= 11 is 5.04. The lowest BCUT2D eigenvalue weighted by atomic mass is 10.1. The first-order chi connectivity index (χ1) is 8.99. The third-order valence-electron chi connectivity index (χ3n) is 2.72. The second kappa shape index (κ2) is 5.19. The number of pyridine rings is 1. The van der Waals surface area contributed by atoms with E-state index in [1.807, 2.05) is 30.3 Å². The van der Waals surface area contributed by atoms with Gasteiger partial charge >= 0.3 is 0 Å². The van der Waals surface area contributed by atoms with Gasteiger partial charge in [0.05, 0.1) is 17.6 Å². The van der Waals surface area contributed by atoms with Gasteiger partial charge in [0.1, 0.15) is 10.8 Å². The lowest BCUT2D eigenvalue weighted by Crippen LogP contribution is -2.32. The van der Waals surface area contributed by atoms with Crippen molar-refractivity contribution in [3.05, 3.63) is 35.9 Å². The molecule has 0 fully saturated rings. The highest BCUT2D eigenvalue weighted by Gasteiger charge is 2.14. The maximum atomic E-state index is 11.0. The summed E-state index contributed by atoms with van der Waals surface area (Å²) < 4.78 is 0. The standard InChI is InChI=1S/C13H14N4OS/c1-17(7-11(14)18)13-9(12(15)19)6-8-4-2-3-5-10(8)16-13/h2-6H,7H2,1H3,(H2,14,18)(H2,15,19). The molecule has 5 nitrogen and oxygen atoms in total. The number of thiocarbonyl (C=S) groups is 1. The molecule has 1 amide bonds. The van der Waals surface area contributed by atoms with Crippen LogP contribution in [0.2, 0.25) is 0 Å². The molecule has 1 heterocycles. The van der Waals surface area contributed by atoms with Crippen molar-refractivity contribution in [3.8, 4) is 0 Å². The predicted molar refractivity (Wildman–Crippen MR) is 80.1 cm³/mol. The molecule has 0 aliphatic carbocycles. The quantitative estimate of drug-likeness (QED) is 0.805.